The molecule has 0 amide bonds. The van der Waals surface area contributed by atoms with E-state index in [0.717, 1.165) is 5.56 Å². The third-order valence-electron chi connectivity index (χ3n) is 2.95. The summed E-state index contributed by atoms with van der Waals surface area (Å²) in [5.41, 5.74) is 2.37. The normalized spacial score (nSPS) is 12.3. The Kier molecular flexibility index (Phi) is 2.07. The molecule has 0 saturated heterocycles. The number of thiazole rings is 1. The zero-order valence-electron chi connectivity index (χ0n) is 9.57. The van der Waals surface area contributed by atoms with Gasteiger partial charge in [0.25, 0.3) is 0 Å². The van der Waals surface area contributed by atoms with Crippen LogP contribution in [0.2, 0.25) is 0 Å². The minimum atomic E-state index is -0.115. The molecule has 1 aliphatic rings. The molecule has 0 N–H and O–H groups in total. The van der Waals surface area contributed by atoms with E-state index in [1.165, 1.54) is 11.3 Å². The average Bonchev–Trinajstić information content (AvgIpc) is 3.08. The zero-order chi connectivity index (χ0) is 12.8. The summed E-state index contributed by atoms with van der Waals surface area (Å²) in [7, 11) is 0. The smallest absolute Gasteiger partial charge is 0.216 e. The van der Waals surface area contributed by atoms with Gasteiger partial charge in [-0.1, -0.05) is 24.3 Å². The second kappa shape index (κ2) is 3.76. The average molecular weight is 266 g/mol. The van der Waals surface area contributed by atoms with Gasteiger partial charge in [0, 0.05) is 22.7 Å². The Labute approximate surface area is 112 Å². The first kappa shape index (κ1) is 10.5. The van der Waals surface area contributed by atoms with Crippen LogP contribution in [-0.2, 0) is 0 Å². The van der Waals surface area contributed by atoms with Crippen LogP contribution >= 0.6 is 11.3 Å². The fourth-order valence-corrected chi connectivity index (χ4v) is 2.67. The maximum Gasteiger partial charge on any atom is 0.216 e. The molecule has 0 saturated carbocycles. The second-order valence-electron chi connectivity index (χ2n) is 4.04. The summed E-state index contributed by atoms with van der Waals surface area (Å²) < 4.78 is 0. The summed E-state index contributed by atoms with van der Waals surface area (Å²) in [5.74, 6) is 0.342. The maximum absolute atomic E-state index is 12.1. The molecule has 0 aliphatic heterocycles. The van der Waals surface area contributed by atoms with Gasteiger partial charge in [0.1, 0.15) is 5.69 Å². The van der Waals surface area contributed by atoms with Gasteiger partial charge >= 0.3 is 0 Å². The van der Waals surface area contributed by atoms with Gasteiger partial charge in [-0.2, -0.15) is 0 Å². The van der Waals surface area contributed by atoms with Crippen LogP contribution in [-0.4, -0.2) is 25.9 Å². The molecule has 4 rings (SSSR count). The molecule has 5 nitrogen and oxygen atoms in total. The van der Waals surface area contributed by atoms with E-state index in [1.54, 1.807) is 12.3 Å². The SMILES string of the molecule is O=C1c2ccccc2-c2nc(-c3nccs3)nnc21. The third-order valence-corrected chi connectivity index (χ3v) is 3.72. The van der Waals surface area contributed by atoms with Gasteiger partial charge in [-0.25, -0.2) is 9.97 Å². The van der Waals surface area contributed by atoms with Gasteiger partial charge in [-0.05, 0) is 0 Å². The highest BCUT2D eigenvalue weighted by atomic mass is 32.1. The molecular formula is C13H6N4OS. The van der Waals surface area contributed by atoms with Gasteiger partial charge in [-0.15, -0.1) is 21.5 Å². The fraction of sp³-hybridized carbons (Fsp3) is 0. The van der Waals surface area contributed by atoms with Crippen LogP contribution < -0.4 is 0 Å². The lowest BCUT2D eigenvalue weighted by Gasteiger charge is -1.99. The number of hydrogen-bond donors (Lipinski definition) is 0. The third kappa shape index (κ3) is 1.43. The molecule has 19 heavy (non-hydrogen) atoms. The molecule has 1 aliphatic carbocycles. The van der Waals surface area contributed by atoms with Gasteiger partial charge in [0.15, 0.2) is 10.7 Å². The Morgan fingerprint density at radius 1 is 1.00 bits per heavy atom. The molecule has 0 bridgehead atoms. The van der Waals surface area contributed by atoms with Crippen molar-refractivity contribution < 1.29 is 4.79 Å². The predicted octanol–water partition coefficient (Wildman–Crippen LogP) is 2.21. The van der Waals surface area contributed by atoms with E-state index in [1.807, 2.05) is 23.6 Å². The summed E-state index contributed by atoms with van der Waals surface area (Å²) in [4.78, 5) is 20.7. The van der Waals surface area contributed by atoms with Crippen LogP contribution in [0.1, 0.15) is 16.1 Å². The van der Waals surface area contributed by atoms with Crippen LogP contribution in [0.15, 0.2) is 35.8 Å². The molecular weight excluding hydrogens is 260 g/mol. The van der Waals surface area contributed by atoms with Gasteiger partial charge in [0.05, 0.1) is 0 Å². The first-order valence-electron chi connectivity index (χ1n) is 5.63. The molecule has 90 valence electrons. The molecule has 2 aromatic heterocycles. The van der Waals surface area contributed by atoms with Gasteiger partial charge in [-0.3, -0.25) is 4.79 Å². The predicted molar refractivity (Wildman–Crippen MR) is 69.8 cm³/mol. The Hall–Kier alpha value is -2.47. The summed E-state index contributed by atoms with van der Waals surface area (Å²) in [6.07, 6.45) is 1.69. The molecule has 6 heteroatoms. The number of benzene rings is 1. The van der Waals surface area contributed by atoms with Crippen molar-refractivity contribution in [2.75, 3.05) is 0 Å². The molecule has 1 aromatic carbocycles. The first-order valence-corrected chi connectivity index (χ1v) is 6.51. The number of hydrogen-bond acceptors (Lipinski definition) is 6. The van der Waals surface area contributed by atoms with Crippen LogP contribution in [0, 0.1) is 0 Å². The highest BCUT2D eigenvalue weighted by Gasteiger charge is 2.30. The van der Waals surface area contributed by atoms with Crippen LogP contribution in [0.25, 0.3) is 22.1 Å². The Balaban J connectivity index is 1.97. The monoisotopic (exact) mass is 266 g/mol. The van der Waals surface area contributed by atoms with Crippen molar-refractivity contribution in [3.63, 3.8) is 0 Å². The summed E-state index contributed by atoms with van der Waals surface area (Å²) >= 11 is 1.44. The standard InChI is InChI=1S/C13H6N4OS/c18-11-8-4-2-1-3-7(8)9-10(11)16-17-12(15-9)13-14-5-6-19-13/h1-6H. The van der Waals surface area contributed by atoms with E-state index in [0.29, 0.717) is 27.8 Å². The summed E-state index contributed by atoms with van der Waals surface area (Å²) in [5, 5.41) is 10.6. The van der Waals surface area contributed by atoms with Crippen molar-refractivity contribution in [1.82, 2.24) is 20.2 Å². The van der Waals surface area contributed by atoms with Gasteiger partial charge in [0.2, 0.25) is 11.6 Å². The maximum atomic E-state index is 12.1. The lowest BCUT2D eigenvalue weighted by molar-refractivity contribution is 0.103. The van der Waals surface area contributed by atoms with Crippen molar-refractivity contribution in [1.29, 1.82) is 0 Å². The minimum absolute atomic E-state index is 0.115. The summed E-state index contributed by atoms with van der Waals surface area (Å²) in [6.45, 7) is 0. The van der Waals surface area contributed by atoms with E-state index in [4.69, 9.17) is 0 Å². The Bertz CT molecular complexity index is 798. The number of carbonyl (C=O) groups excluding carboxylic acids is 1. The minimum Gasteiger partial charge on any atom is -0.287 e. The number of fused-ring (bicyclic) bond motifs is 3. The quantitative estimate of drug-likeness (QED) is 0.528. The van der Waals surface area contributed by atoms with Crippen LogP contribution in [0.5, 0.6) is 0 Å². The Morgan fingerprint density at radius 3 is 2.63 bits per heavy atom. The van der Waals surface area contributed by atoms with Crippen molar-refractivity contribution in [2.24, 2.45) is 0 Å². The molecule has 0 fully saturated rings. The van der Waals surface area contributed by atoms with Crippen LogP contribution in [0.3, 0.4) is 0 Å². The van der Waals surface area contributed by atoms with Crippen molar-refractivity contribution in [2.45, 2.75) is 0 Å². The van der Waals surface area contributed by atoms with Gasteiger partial charge < -0.3 is 0 Å². The van der Waals surface area contributed by atoms with E-state index in [9.17, 15) is 4.79 Å². The van der Waals surface area contributed by atoms with E-state index in [-0.39, 0.29) is 5.78 Å². The second-order valence-corrected chi connectivity index (χ2v) is 4.94. The molecule has 3 aromatic rings. The number of carbonyl (C=O) groups is 1. The number of ketones is 1. The van der Waals surface area contributed by atoms with E-state index in [2.05, 4.69) is 20.2 Å². The summed E-state index contributed by atoms with van der Waals surface area (Å²) in [6, 6.07) is 7.37. The topological polar surface area (TPSA) is 68.6 Å². The molecule has 0 spiro atoms. The molecule has 0 radical (unpaired) electrons. The van der Waals surface area contributed by atoms with Crippen molar-refractivity contribution >= 4 is 17.1 Å². The highest BCUT2D eigenvalue weighted by molar-refractivity contribution is 7.12. The fourth-order valence-electron chi connectivity index (χ4n) is 2.11. The van der Waals surface area contributed by atoms with Crippen molar-refractivity contribution in [3.8, 4) is 22.1 Å². The number of nitrogens with zero attached hydrogens (tertiary/aromatic N) is 4. The van der Waals surface area contributed by atoms with Crippen LogP contribution in [0.4, 0.5) is 0 Å². The molecule has 0 unspecified atom stereocenters. The highest BCUT2D eigenvalue weighted by Crippen LogP contribution is 2.34. The molecule has 0 atom stereocenters. The largest absolute Gasteiger partial charge is 0.287 e. The lowest BCUT2D eigenvalue weighted by atomic mass is 10.1. The first-order chi connectivity index (χ1) is 9.34. The van der Waals surface area contributed by atoms with E-state index < -0.39 is 0 Å². The van der Waals surface area contributed by atoms with Crippen molar-refractivity contribution in [3.05, 3.63) is 47.1 Å². The zero-order valence-corrected chi connectivity index (χ0v) is 10.4. The number of aromatic nitrogens is 4. The Morgan fingerprint density at radius 2 is 1.84 bits per heavy atom. The van der Waals surface area contributed by atoms with E-state index >= 15 is 0 Å². The molecule has 2 heterocycles. The lowest BCUT2D eigenvalue weighted by Crippen LogP contribution is -2.02. The number of rotatable bonds is 1.